The van der Waals surface area contributed by atoms with Crippen LogP contribution in [0, 0.1) is 0 Å². The highest BCUT2D eigenvalue weighted by Crippen LogP contribution is 2.21. The monoisotopic (exact) mass is 415 g/mol. The summed E-state index contributed by atoms with van der Waals surface area (Å²) < 4.78 is 17.7. The number of amides is 1. The van der Waals surface area contributed by atoms with E-state index >= 15 is 0 Å². The molecule has 1 amide bonds. The quantitative estimate of drug-likeness (QED) is 0.752. The van der Waals surface area contributed by atoms with Crippen LogP contribution in [-0.4, -0.2) is 60.1 Å². The SMILES string of the molecule is CCOc1ccc(N2CCCN(C(=O)c3cccc(S(=O)CCN)c3)CC2)cc1. The molecule has 3 rings (SSSR count). The van der Waals surface area contributed by atoms with E-state index in [9.17, 15) is 9.00 Å². The van der Waals surface area contributed by atoms with Crippen LogP contribution in [0.3, 0.4) is 0 Å². The number of carbonyl (C=O) groups excluding carboxylic acids is 1. The highest BCUT2D eigenvalue weighted by molar-refractivity contribution is 7.85. The Labute approximate surface area is 175 Å². The van der Waals surface area contributed by atoms with E-state index in [2.05, 4.69) is 17.0 Å². The Kier molecular flexibility index (Phi) is 7.66. The zero-order valence-corrected chi connectivity index (χ0v) is 17.7. The van der Waals surface area contributed by atoms with Crippen LogP contribution in [0.2, 0.25) is 0 Å². The molecule has 1 aliphatic heterocycles. The lowest BCUT2D eigenvalue weighted by Gasteiger charge is -2.24. The number of nitrogens with two attached hydrogens (primary N) is 1. The Morgan fingerprint density at radius 1 is 1.10 bits per heavy atom. The highest BCUT2D eigenvalue weighted by atomic mass is 32.2. The van der Waals surface area contributed by atoms with Gasteiger partial charge in [-0.25, -0.2) is 0 Å². The van der Waals surface area contributed by atoms with Crippen molar-refractivity contribution in [2.75, 3.05) is 50.0 Å². The molecule has 0 radical (unpaired) electrons. The summed E-state index contributed by atoms with van der Waals surface area (Å²) in [5.41, 5.74) is 7.23. The van der Waals surface area contributed by atoms with Crippen molar-refractivity contribution in [3.8, 4) is 5.75 Å². The zero-order chi connectivity index (χ0) is 20.6. The van der Waals surface area contributed by atoms with Gasteiger partial charge in [0.25, 0.3) is 5.91 Å². The van der Waals surface area contributed by atoms with Crippen LogP contribution in [0.4, 0.5) is 5.69 Å². The molecule has 1 fully saturated rings. The molecule has 1 heterocycles. The lowest BCUT2D eigenvalue weighted by Crippen LogP contribution is -2.35. The van der Waals surface area contributed by atoms with Gasteiger partial charge in [0.2, 0.25) is 0 Å². The van der Waals surface area contributed by atoms with E-state index in [1.54, 1.807) is 24.3 Å². The molecule has 1 unspecified atom stereocenters. The maximum atomic E-state index is 13.0. The smallest absolute Gasteiger partial charge is 0.253 e. The van der Waals surface area contributed by atoms with E-state index in [0.29, 0.717) is 42.5 Å². The molecule has 2 aromatic rings. The minimum Gasteiger partial charge on any atom is -0.494 e. The Morgan fingerprint density at radius 2 is 1.90 bits per heavy atom. The van der Waals surface area contributed by atoms with Gasteiger partial charge in [0.1, 0.15) is 5.75 Å². The Balaban J connectivity index is 1.65. The molecule has 1 atom stereocenters. The molecule has 0 aliphatic carbocycles. The highest BCUT2D eigenvalue weighted by Gasteiger charge is 2.21. The predicted octanol–water partition coefficient (Wildman–Crippen LogP) is 2.50. The molecule has 0 saturated carbocycles. The van der Waals surface area contributed by atoms with Crippen LogP contribution in [0.5, 0.6) is 5.75 Å². The Bertz CT molecular complexity index is 841. The maximum absolute atomic E-state index is 13.0. The minimum absolute atomic E-state index is 0.00913. The second-order valence-corrected chi connectivity index (χ2v) is 8.50. The topological polar surface area (TPSA) is 75.9 Å². The first kappa shape index (κ1) is 21.3. The lowest BCUT2D eigenvalue weighted by molar-refractivity contribution is 0.0767. The number of benzene rings is 2. The van der Waals surface area contributed by atoms with E-state index in [4.69, 9.17) is 10.5 Å². The van der Waals surface area contributed by atoms with Crippen molar-refractivity contribution in [2.24, 2.45) is 5.73 Å². The summed E-state index contributed by atoms with van der Waals surface area (Å²) in [6.45, 7) is 6.03. The van der Waals surface area contributed by atoms with Gasteiger partial charge in [-0.05, 0) is 55.8 Å². The molecular weight excluding hydrogens is 386 g/mol. The summed E-state index contributed by atoms with van der Waals surface area (Å²) in [6, 6.07) is 15.2. The van der Waals surface area contributed by atoms with Gasteiger partial charge in [0.15, 0.2) is 0 Å². The summed E-state index contributed by atoms with van der Waals surface area (Å²) in [5.74, 6) is 1.26. The van der Waals surface area contributed by atoms with Gasteiger partial charge in [0.05, 0.1) is 17.4 Å². The summed E-state index contributed by atoms with van der Waals surface area (Å²) in [5, 5.41) is 0. The normalized spacial score (nSPS) is 15.7. The molecule has 7 heteroatoms. The average Bonchev–Trinajstić information content (AvgIpc) is 3.01. The second kappa shape index (κ2) is 10.4. The lowest BCUT2D eigenvalue weighted by atomic mass is 10.2. The third-order valence-electron chi connectivity index (χ3n) is 4.94. The van der Waals surface area contributed by atoms with E-state index in [1.807, 2.05) is 24.0 Å². The molecular formula is C22H29N3O3S. The molecule has 0 spiro atoms. The Morgan fingerprint density at radius 3 is 2.62 bits per heavy atom. The third kappa shape index (κ3) is 5.58. The largest absolute Gasteiger partial charge is 0.494 e. The van der Waals surface area contributed by atoms with Crippen LogP contribution < -0.4 is 15.4 Å². The molecule has 1 aliphatic rings. The number of rotatable bonds is 7. The fourth-order valence-corrected chi connectivity index (χ4v) is 4.42. The van der Waals surface area contributed by atoms with E-state index < -0.39 is 10.8 Å². The number of hydrogen-bond acceptors (Lipinski definition) is 5. The van der Waals surface area contributed by atoms with Gasteiger partial charge < -0.3 is 20.3 Å². The van der Waals surface area contributed by atoms with E-state index in [1.165, 1.54) is 0 Å². The van der Waals surface area contributed by atoms with Crippen molar-refractivity contribution >= 4 is 22.4 Å². The molecule has 6 nitrogen and oxygen atoms in total. The molecule has 156 valence electrons. The van der Waals surface area contributed by atoms with Crippen molar-refractivity contribution in [2.45, 2.75) is 18.2 Å². The molecule has 2 aromatic carbocycles. The summed E-state index contributed by atoms with van der Waals surface area (Å²) in [7, 11) is -1.17. The van der Waals surface area contributed by atoms with Crippen molar-refractivity contribution in [3.05, 3.63) is 54.1 Å². The number of nitrogens with zero attached hydrogens (tertiary/aromatic N) is 2. The van der Waals surface area contributed by atoms with Crippen molar-refractivity contribution in [3.63, 3.8) is 0 Å². The van der Waals surface area contributed by atoms with Gasteiger partial charge in [-0.15, -0.1) is 0 Å². The van der Waals surface area contributed by atoms with Crippen LogP contribution in [0.15, 0.2) is 53.4 Å². The first-order valence-corrected chi connectivity index (χ1v) is 11.4. The standard InChI is InChI=1S/C22H29N3O3S/c1-2-28-20-9-7-19(8-10-20)24-12-4-13-25(15-14-24)22(26)18-5-3-6-21(17-18)29(27)16-11-23/h3,5-10,17H,2,4,11-16,23H2,1H3. The number of ether oxygens (including phenoxy) is 1. The Hall–Kier alpha value is -2.38. The predicted molar refractivity (Wildman–Crippen MR) is 117 cm³/mol. The number of carbonyl (C=O) groups is 1. The van der Waals surface area contributed by atoms with Crippen LogP contribution >= 0.6 is 0 Å². The molecule has 0 bridgehead atoms. The third-order valence-corrected chi connectivity index (χ3v) is 6.33. The fraction of sp³-hybridized carbons (Fsp3) is 0.409. The van der Waals surface area contributed by atoms with E-state index in [0.717, 1.165) is 30.9 Å². The first-order valence-electron chi connectivity index (χ1n) is 10.1. The molecule has 0 aromatic heterocycles. The van der Waals surface area contributed by atoms with Gasteiger partial charge in [0, 0.05) is 54.6 Å². The second-order valence-electron chi connectivity index (χ2n) is 6.93. The molecule has 2 N–H and O–H groups in total. The van der Waals surface area contributed by atoms with Crippen molar-refractivity contribution in [1.82, 2.24) is 4.90 Å². The van der Waals surface area contributed by atoms with Crippen molar-refractivity contribution < 1.29 is 13.7 Å². The summed E-state index contributed by atoms with van der Waals surface area (Å²) in [6.07, 6.45) is 0.901. The fourth-order valence-electron chi connectivity index (χ4n) is 3.48. The van der Waals surface area contributed by atoms with Gasteiger partial charge in [-0.1, -0.05) is 6.07 Å². The van der Waals surface area contributed by atoms with Crippen LogP contribution in [-0.2, 0) is 10.8 Å². The van der Waals surface area contributed by atoms with Gasteiger partial charge in [-0.2, -0.15) is 0 Å². The molecule has 1 saturated heterocycles. The number of anilines is 1. The van der Waals surface area contributed by atoms with E-state index in [-0.39, 0.29) is 5.91 Å². The van der Waals surface area contributed by atoms with Gasteiger partial charge >= 0.3 is 0 Å². The first-order chi connectivity index (χ1) is 14.1. The average molecular weight is 416 g/mol. The van der Waals surface area contributed by atoms with Crippen LogP contribution in [0.25, 0.3) is 0 Å². The maximum Gasteiger partial charge on any atom is 0.253 e. The number of hydrogen-bond donors (Lipinski definition) is 1. The summed E-state index contributed by atoms with van der Waals surface area (Å²) in [4.78, 5) is 17.9. The van der Waals surface area contributed by atoms with Gasteiger partial charge in [-0.3, -0.25) is 9.00 Å². The molecule has 29 heavy (non-hydrogen) atoms. The minimum atomic E-state index is -1.17. The van der Waals surface area contributed by atoms with Crippen molar-refractivity contribution in [1.29, 1.82) is 0 Å². The van der Waals surface area contributed by atoms with Crippen LogP contribution in [0.1, 0.15) is 23.7 Å². The zero-order valence-electron chi connectivity index (χ0n) is 16.9. The summed E-state index contributed by atoms with van der Waals surface area (Å²) >= 11 is 0.